The molecule has 0 saturated carbocycles. The summed E-state index contributed by atoms with van der Waals surface area (Å²) >= 11 is 3.64. The highest BCUT2D eigenvalue weighted by Gasteiger charge is 2.20. The number of hydrogen-bond acceptors (Lipinski definition) is 4. The first-order chi connectivity index (χ1) is 23.7. The molecule has 0 spiro atoms. The van der Waals surface area contributed by atoms with Gasteiger partial charge in [-0.05, 0) is 41.8 Å². The van der Waals surface area contributed by atoms with Gasteiger partial charge in [-0.25, -0.2) is 15.0 Å². The van der Waals surface area contributed by atoms with E-state index >= 15 is 0 Å². The summed E-state index contributed by atoms with van der Waals surface area (Å²) in [6.07, 6.45) is 0. The number of nitrogens with zero attached hydrogens (tertiary/aromatic N) is 3. The van der Waals surface area contributed by atoms with Crippen LogP contribution in [-0.4, -0.2) is 25.4 Å². The van der Waals surface area contributed by atoms with Gasteiger partial charge in [0.05, 0.1) is 11.4 Å². The molecular formula is C42H28N4S2. The zero-order valence-corrected chi connectivity index (χ0v) is 27.7. The second-order valence-corrected chi connectivity index (χ2v) is 13.9. The summed E-state index contributed by atoms with van der Waals surface area (Å²) in [5, 5.41) is 13.3. The van der Waals surface area contributed by atoms with E-state index < -0.39 is 0 Å². The molecule has 0 radical (unpaired) electrons. The van der Waals surface area contributed by atoms with E-state index in [1.54, 1.807) is 11.3 Å². The Labute approximate surface area is 285 Å². The lowest BCUT2D eigenvalue weighted by Crippen LogP contribution is -2.04. The minimum atomic E-state index is 0.526. The lowest BCUT2D eigenvalue weighted by Gasteiger charge is -2.15. The molecule has 0 atom stereocenters. The van der Waals surface area contributed by atoms with Crippen LogP contribution in [0.3, 0.4) is 0 Å². The van der Waals surface area contributed by atoms with Gasteiger partial charge in [0.25, 0.3) is 0 Å². The molecule has 2 aromatic heterocycles. The van der Waals surface area contributed by atoms with Gasteiger partial charge >= 0.3 is 0 Å². The third-order valence-electron chi connectivity index (χ3n) is 8.96. The predicted molar refractivity (Wildman–Crippen MR) is 212 cm³/mol. The highest BCUT2D eigenvalue weighted by Crippen LogP contribution is 2.49. The van der Waals surface area contributed by atoms with Crippen LogP contribution >= 0.6 is 22.7 Å². The SMILES string of the molecule is C=NC(=NC(=Nc1cc2sc3ccccc3c2c2ccc3cc4sc5ccccc5c4c(NC)c3c12)c1ccccc1)c1ccccc1. The number of benzene rings is 7. The number of nitrogens with one attached hydrogen (secondary N) is 1. The smallest absolute Gasteiger partial charge is 0.162 e. The number of fused-ring (bicyclic) bond motifs is 10. The summed E-state index contributed by atoms with van der Waals surface area (Å²) in [6, 6.07) is 46.6. The van der Waals surface area contributed by atoms with Crippen molar-refractivity contribution in [1.29, 1.82) is 0 Å². The van der Waals surface area contributed by atoms with Gasteiger partial charge in [-0.2, -0.15) is 0 Å². The normalized spacial score (nSPS) is 12.6. The molecule has 0 bridgehead atoms. The molecule has 0 aliphatic heterocycles. The fourth-order valence-electron chi connectivity index (χ4n) is 6.89. The van der Waals surface area contributed by atoms with E-state index in [9.17, 15) is 0 Å². The van der Waals surface area contributed by atoms with Crippen LogP contribution in [0.2, 0.25) is 0 Å². The van der Waals surface area contributed by atoms with Crippen molar-refractivity contribution in [3.8, 4) is 0 Å². The highest BCUT2D eigenvalue weighted by atomic mass is 32.1. The van der Waals surface area contributed by atoms with Crippen molar-refractivity contribution in [2.24, 2.45) is 15.0 Å². The molecule has 0 aliphatic carbocycles. The van der Waals surface area contributed by atoms with Gasteiger partial charge in [0.15, 0.2) is 11.7 Å². The van der Waals surface area contributed by atoms with Crippen molar-refractivity contribution in [3.63, 3.8) is 0 Å². The summed E-state index contributed by atoms with van der Waals surface area (Å²) in [6.45, 7) is 3.88. The number of thiophene rings is 2. The van der Waals surface area contributed by atoms with Crippen LogP contribution in [0.15, 0.2) is 148 Å². The first-order valence-corrected chi connectivity index (χ1v) is 17.4. The minimum absolute atomic E-state index is 0.526. The molecule has 0 unspecified atom stereocenters. The Balaban J connectivity index is 1.46. The Kier molecular flexibility index (Phi) is 6.85. The fraction of sp³-hybridized carbons (Fsp3) is 0.0238. The van der Waals surface area contributed by atoms with Gasteiger partial charge in [-0.3, -0.25) is 0 Å². The Morgan fingerprint density at radius 1 is 0.542 bits per heavy atom. The van der Waals surface area contributed by atoms with Crippen LogP contribution < -0.4 is 5.32 Å². The molecule has 4 nitrogen and oxygen atoms in total. The van der Waals surface area contributed by atoms with Gasteiger partial charge in [0, 0.05) is 69.3 Å². The van der Waals surface area contributed by atoms with Crippen LogP contribution in [-0.2, 0) is 0 Å². The fourth-order valence-corrected chi connectivity index (χ4v) is 9.21. The summed E-state index contributed by atoms with van der Waals surface area (Å²) in [7, 11) is 2.03. The zero-order chi connectivity index (χ0) is 32.2. The van der Waals surface area contributed by atoms with E-state index in [2.05, 4.69) is 89.8 Å². The Morgan fingerprint density at radius 3 is 1.77 bits per heavy atom. The third-order valence-corrected chi connectivity index (χ3v) is 11.2. The molecule has 9 rings (SSSR count). The summed E-state index contributed by atoms with van der Waals surface area (Å²) in [5.41, 5.74) is 3.77. The standard InChI is InChI=1S/C42H28N4S2/c1-43-40-36-27(23-34-39(40)29-18-10-12-20-33(29)47-34)21-22-30-37-28-17-9-11-19-32(28)48-35(37)24-31(38(30)36)45-42(26-15-7-4-8-16-26)46-41(44-2)25-13-5-3-6-14-25/h3-24,43H,2H2,1H3. The first kappa shape index (κ1) is 28.5. The molecule has 1 N–H and O–H groups in total. The van der Waals surface area contributed by atoms with Crippen molar-refractivity contribution in [3.05, 3.63) is 145 Å². The maximum absolute atomic E-state index is 5.47. The summed E-state index contributed by atoms with van der Waals surface area (Å²) < 4.78 is 4.99. The van der Waals surface area contributed by atoms with Gasteiger partial charge in [0.2, 0.25) is 0 Å². The molecule has 9 aromatic rings. The topological polar surface area (TPSA) is 49.1 Å². The average Bonchev–Trinajstić information content (AvgIpc) is 3.71. The Bertz CT molecular complexity index is 2770. The van der Waals surface area contributed by atoms with Crippen LogP contribution in [0.5, 0.6) is 0 Å². The molecule has 48 heavy (non-hydrogen) atoms. The van der Waals surface area contributed by atoms with Crippen molar-refractivity contribution in [2.75, 3.05) is 12.4 Å². The lowest BCUT2D eigenvalue weighted by atomic mass is 9.94. The Morgan fingerprint density at radius 2 is 1.12 bits per heavy atom. The van der Waals surface area contributed by atoms with Crippen LogP contribution in [0, 0.1) is 0 Å². The maximum Gasteiger partial charge on any atom is 0.162 e. The van der Waals surface area contributed by atoms with Crippen molar-refractivity contribution < 1.29 is 0 Å². The quantitative estimate of drug-likeness (QED) is 0.115. The second-order valence-electron chi connectivity index (χ2n) is 11.7. The molecule has 0 amide bonds. The molecule has 6 heteroatoms. The van der Waals surface area contributed by atoms with E-state index in [0.29, 0.717) is 11.7 Å². The van der Waals surface area contributed by atoms with Gasteiger partial charge in [-0.1, -0.05) is 109 Å². The van der Waals surface area contributed by atoms with E-state index in [1.807, 2.05) is 79.0 Å². The first-order valence-electron chi connectivity index (χ1n) is 15.8. The van der Waals surface area contributed by atoms with Crippen molar-refractivity contribution >= 4 is 114 Å². The molecule has 7 aromatic carbocycles. The average molecular weight is 653 g/mol. The highest BCUT2D eigenvalue weighted by molar-refractivity contribution is 7.26. The van der Waals surface area contributed by atoms with Crippen LogP contribution in [0.1, 0.15) is 11.1 Å². The number of anilines is 1. The zero-order valence-electron chi connectivity index (χ0n) is 26.1. The summed E-state index contributed by atoms with van der Waals surface area (Å²) in [5.74, 6) is 1.10. The minimum Gasteiger partial charge on any atom is -0.387 e. The molecule has 228 valence electrons. The second kappa shape index (κ2) is 11.5. The Hall–Kier alpha value is -5.69. The van der Waals surface area contributed by atoms with Crippen molar-refractivity contribution in [2.45, 2.75) is 0 Å². The third kappa shape index (κ3) is 4.53. The maximum atomic E-state index is 5.47. The number of amidine groups is 2. The monoisotopic (exact) mass is 652 g/mol. The molecule has 0 saturated heterocycles. The predicted octanol–water partition coefficient (Wildman–Crippen LogP) is 12.0. The van der Waals surface area contributed by atoms with Crippen molar-refractivity contribution in [1.82, 2.24) is 0 Å². The van der Waals surface area contributed by atoms with E-state index in [1.165, 1.54) is 51.1 Å². The molecule has 2 heterocycles. The largest absolute Gasteiger partial charge is 0.387 e. The van der Waals surface area contributed by atoms with E-state index in [0.717, 1.165) is 33.3 Å². The van der Waals surface area contributed by atoms with Crippen LogP contribution in [0.25, 0.3) is 61.9 Å². The van der Waals surface area contributed by atoms with Gasteiger partial charge in [-0.15, -0.1) is 22.7 Å². The number of hydrogen-bond donors (Lipinski definition) is 1. The molecular weight excluding hydrogens is 625 g/mol. The molecule has 0 aliphatic rings. The van der Waals surface area contributed by atoms with Crippen LogP contribution in [0.4, 0.5) is 11.4 Å². The summed E-state index contributed by atoms with van der Waals surface area (Å²) in [4.78, 5) is 14.9. The van der Waals surface area contributed by atoms with E-state index in [-0.39, 0.29) is 0 Å². The number of aliphatic imine (C=N–C) groups is 3. The number of rotatable bonds is 4. The van der Waals surface area contributed by atoms with Gasteiger partial charge in [0.1, 0.15) is 0 Å². The molecule has 0 fully saturated rings. The van der Waals surface area contributed by atoms with E-state index in [4.69, 9.17) is 9.98 Å². The van der Waals surface area contributed by atoms with Gasteiger partial charge < -0.3 is 5.32 Å². The lowest BCUT2D eigenvalue weighted by molar-refractivity contribution is 1.44.